The zero-order valence-corrected chi connectivity index (χ0v) is 25.5. The number of esters is 4. The number of benzene rings is 2. The van der Waals surface area contributed by atoms with Crippen molar-refractivity contribution in [3.8, 4) is 5.75 Å². The number of carbonyl (C=O) groups is 5. The van der Waals surface area contributed by atoms with Gasteiger partial charge in [0.15, 0.2) is 6.10 Å². The van der Waals surface area contributed by atoms with Gasteiger partial charge in [0.1, 0.15) is 24.6 Å². The highest BCUT2D eigenvalue weighted by Gasteiger charge is 2.45. The molecule has 234 valence electrons. The third-order valence-electron chi connectivity index (χ3n) is 6.97. The molecule has 0 unspecified atom stereocenters. The van der Waals surface area contributed by atoms with Crippen molar-refractivity contribution in [1.29, 1.82) is 0 Å². The van der Waals surface area contributed by atoms with E-state index in [2.05, 4.69) is 0 Å². The van der Waals surface area contributed by atoms with Gasteiger partial charge in [0.25, 0.3) is 5.91 Å². The second kappa shape index (κ2) is 13.9. The lowest BCUT2D eigenvalue weighted by Crippen LogP contribution is -2.54. The average Bonchev–Trinajstić information content (AvgIpc) is 3.22. The van der Waals surface area contributed by atoms with E-state index in [1.165, 1.54) is 32.4 Å². The van der Waals surface area contributed by atoms with E-state index in [1.807, 2.05) is 0 Å². The quantitative estimate of drug-likeness (QED) is 0.251. The van der Waals surface area contributed by atoms with E-state index < -0.39 is 48.5 Å². The normalized spacial score (nSPS) is 19.6. The molecule has 1 aliphatic rings. The van der Waals surface area contributed by atoms with Crippen LogP contribution in [0.4, 0.5) is 0 Å². The molecular weight excluding hydrogens is 598 g/mol. The van der Waals surface area contributed by atoms with Crippen LogP contribution in [0.5, 0.6) is 5.75 Å². The number of nitrogens with zero attached hydrogens (tertiary/aromatic N) is 1. The summed E-state index contributed by atoms with van der Waals surface area (Å²) in [6.45, 7) is 4.91. The van der Waals surface area contributed by atoms with Crippen LogP contribution in [-0.2, 0) is 49.3 Å². The van der Waals surface area contributed by atoms with E-state index in [0.717, 1.165) is 0 Å². The Kier molecular flexibility index (Phi) is 10.3. The van der Waals surface area contributed by atoms with Crippen molar-refractivity contribution in [3.63, 3.8) is 0 Å². The molecule has 0 spiro atoms. The molecule has 13 heteroatoms. The molecule has 2 aromatic carbocycles. The van der Waals surface area contributed by atoms with E-state index in [1.54, 1.807) is 49.4 Å². The molecule has 4 rings (SSSR count). The van der Waals surface area contributed by atoms with Crippen LogP contribution in [0.1, 0.15) is 48.8 Å². The molecule has 0 aliphatic carbocycles. The van der Waals surface area contributed by atoms with Crippen molar-refractivity contribution in [1.82, 2.24) is 4.57 Å². The lowest BCUT2D eigenvalue weighted by Gasteiger charge is -2.39. The van der Waals surface area contributed by atoms with Gasteiger partial charge in [-0.05, 0) is 55.0 Å². The molecule has 0 bridgehead atoms. The van der Waals surface area contributed by atoms with Gasteiger partial charge in [0, 0.05) is 42.4 Å². The number of halogens is 1. The first-order chi connectivity index (χ1) is 20.9. The van der Waals surface area contributed by atoms with Crippen molar-refractivity contribution in [2.45, 2.75) is 65.1 Å². The molecule has 2 heterocycles. The van der Waals surface area contributed by atoms with Crippen molar-refractivity contribution in [2.75, 3.05) is 13.7 Å². The molecule has 12 nitrogen and oxygen atoms in total. The Morgan fingerprint density at radius 3 is 2.23 bits per heavy atom. The van der Waals surface area contributed by atoms with Crippen molar-refractivity contribution < 1.29 is 52.4 Å². The summed E-state index contributed by atoms with van der Waals surface area (Å²) >= 11 is 6.01. The Morgan fingerprint density at radius 1 is 0.932 bits per heavy atom. The topological polar surface area (TPSA) is 146 Å². The molecule has 1 saturated heterocycles. The number of ether oxygens (including phenoxy) is 6. The van der Waals surface area contributed by atoms with Gasteiger partial charge in [0.05, 0.1) is 25.5 Å². The van der Waals surface area contributed by atoms with Crippen molar-refractivity contribution in [3.05, 3.63) is 64.3 Å². The highest BCUT2D eigenvalue weighted by atomic mass is 35.5. The Hall–Kier alpha value is -4.42. The van der Waals surface area contributed by atoms with Crippen molar-refractivity contribution in [2.24, 2.45) is 0 Å². The Balaban J connectivity index is 1.62. The van der Waals surface area contributed by atoms with Gasteiger partial charge in [-0.2, -0.15) is 0 Å². The minimum Gasteiger partial charge on any atom is -0.497 e. The molecular formula is C31H32ClNO11. The molecule has 0 amide bonds. The SMILES string of the molecule is COc1ccc2c(c1)c(CC(=O)O[C@H]1C[C@@H](OC(C)=O)[C@H](OC(C)=O)[C@@H](COC(C)=O)O1)c(C)n2C(=O)c1ccc(Cl)cc1. The van der Waals surface area contributed by atoms with Crippen LogP contribution >= 0.6 is 11.6 Å². The van der Waals surface area contributed by atoms with E-state index >= 15 is 0 Å². The van der Waals surface area contributed by atoms with Crippen LogP contribution in [0.2, 0.25) is 5.02 Å². The van der Waals surface area contributed by atoms with Gasteiger partial charge in [-0.3, -0.25) is 28.5 Å². The van der Waals surface area contributed by atoms with Crippen LogP contribution in [0.15, 0.2) is 42.5 Å². The third-order valence-corrected chi connectivity index (χ3v) is 7.23. The molecule has 1 aromatic heterocycles. The largest absolute Gasteiger partial charge is 0.497 e. The number of aromatic nitrogens is 1. The van der Waals surface area contributed by atoms with Gasteiger partial charge in [-0.15, -0.1) is 0 Å². The highest BCUT2D eigenvalue weighted by Crippen LogP contribution is 2.32. The lowest BCUT2D eigenvalue weighted by atomic mass is 10.0. The van der Waals surface area contributed by atoms with Crippen LogP contribution in [0.25, 0.3) is 10.9 Å². The maximum Gasteiger partial charge on any atom is 0.312 e. The van der Waals surface area contributed by atoms with Crippen molar-refractivity contribution >= 4 is 52.3 Å². The molecule has 44 heavy (non-hydrogen) atoms. The van der Waals surface area contributed by atoms with E-state index in [9.17, 15) is 24.0 Å². The van der Waals surface area contributed by atoms with Gasteiger partial charge >= 0.3 is 23.9 Å². The molecule has 0 N–H and O–H groups in total. The summed E-state index contributed by atoms with van der Waals surface area (Å²) in [5, 5.41) is 1.09. The van der Waals surface area contributed by atoms with Gasteiger partial charge in [0.2, 0.25) is 6.29 Å². The minimum atomic E-state index is -1.24. The summed E-state index contributed by atoms with van der Waals surface area (Å²) in [6, 6.07) is 11.6. The standard InChI is InChI=1S/C31H32ClNO11/c1-16-23(24-12-22(39-5)10-11-25(24)33(16)31(38)20-6-8-21(32)9-7-20)13-28(37)44-29-14-26(41-18(3)35)30(42-19(4)36)27(43-29)15-40-17(2)34/h6-12,26-27,29-30H,13-15H2,1-5H3/t26-,27-,29+,30+/m1/s1. The van der Waals surface area contributed by atoms with Gasteiger partial charge < -0.3 is 28.4 Å². The zero-order valence-electron chi connectivity index (χ0n) is 24.8. The fourth-order valence-electron chi connectivity index (χ4n) is 5.10. The van der Waals surface area contributed by atoms with Gasteiger partial charge in [-0.1, -0.05) is 11.6 Å². The van der Waals surface area contributed by atoms with Crippen LogP contribution in [0.3, 0.4) is 0 Å². The summed E-state index contributed by atoms with van der Waals surface area (Å²) in [5.74, 6) is -2.46. The summed E-state index contributed by atoms with van der Waals surface area (Å²) in [7, 11) is 1.51. The van der Waals surface area contributed by atoms with E-state index in [4.69, 9.17) is 40.0 Å². The molecule has 1 fully saturated rings. The maximum atomic E-state index is 13.6. The highest BCUT2D eigenvalue weighted by molar-refractivity contribution is 6.30. The Morgan fingerprint density at radius 2 is 1.61 bits per heavy atom. The molecule has 0 radical (unpaired) electrons. The summed E-state index contributed by atoms with van der Waals surface area (Å²) in [6.07, 6.45) is -4.90. The van der Waals surface area contributed by atoms with Gasteiger partial charge in [-0.25, -0.2) is 0 Å². The summed E-state index contributed by atoms with van der Waals surface area (Å²) in [4.78, 5) is 62.0. The third kappa shape index (κ3) is 7.56. The lowest BCUT2D eigenvalue weighted by molar-refractivity contribution is -0.260. The van der Waals surface area contributed by atoms with Crippen LogP contribution < -0.4 is 4.74 Å². The smallest absolute Gasteiger partial charge is 0.312 e. The fourth-order valence-corrected chi connectivity index (χ4v) is 5.23. The summed E-state index contributed by atoms with van der Waals surface area (Å²) in [5.41, 5.74) is 1.98. The molecule has 1 aliphatic heterocycles. The van der Waals surface area contributed by atoms with E-state index in [-0.39, 0.29) is 25.4 Å². The molecule has 4 atom stereocenters. The zero-order chi connectivity index (χ0) is 32.1. The number of rotatable bonds is 9. The first kappa shape index (κ1) is 32.5. The Labute approximate surface area is 258 Å². The number of hydrogen-bond donors (Lipinski definition) is 0. The predicted octanol–water partition coefficient (Wildman–Crippen LogP) is 3.93. The second-order valence-corrected chi connectivity index (χ2v) is 10.6. The number of fused-ring (bicyclic) bond motifs is 1. The summed E-state index contributed by atoms with van der Waals surface area (Å²) < 4.78 is 34.1. The Bertz CT molecular complexity index is 1580. The molecule has 3 aromatic rings. The second-order valence-electron chi connectivity index (χ2n) is 10.1. The monoisotopic (exact) mass is 629 g/mol. The van der Waals surface area contributed by atoms with Crippen LogP contribution in [-0.4, -0.2) is 72.7 Å². The van der Waals surface area contributed by atoms with E-state index in [0.29, 0.717) is 38.5 Å². The number of hydrogen-bond acceptors (Lipinski definition) is 11. The van der Waals surface area contributed by atoms with Crippen LogP contribution in [0, 0.1) is 6.92 Å². The predicted molar refractivity (Wildman–Crippen MR) is 155 cm³/mol. The number of methoxy groups -OCH3 is 1. The molecule has 0 saturated carbocycles. The fraction of sp³-hybridized carbons (Fsp3) is 0.387. The minimum absolute atomic E-state index is 0.149. The first-order valence-electron chi connectivity index (χ1n) is 13.7. The maximum absolute atomic E-state index is 13.6. The average molecular weight is 630 g/mol. The number of carbonyl (C=O) groups excluding carboxylic acids is 5. The first-order valence-corrected chi connectivity index (χ1v) is 14.1.